The lowest BCUT2D eigenvalue weighted by Gasteiger charge is -2.23. The highest BCUT2D eigenvalue weighted by Crippen LogP contribution is 2.32. The van der Waals surface area contributed by atoms with Crippen molar-refractivity contribution in [2.45, 2.75) is 64.0 Å². The van der Waals surface area contributed by atoms with Gasteiger partial charge < -0.3 is 20.1 Å². The normalized spacial score (nSPS) is 18.5. The Hall–Kier alpha value is -4.46. The SMILES string of the molecule is CC(=O)N1CCC[C@H]1C(=O)Nc1ccc(CCc2ccc3nc([C@@H]4CCCN4C(=O)Cc4ccccc4)[nH]c3c2)cc1. The molecule has 2 aliphatic heterocycles. The summed E-state index contributed by atoms with van der Waals surface area (Å²) in [5.41, 5.74) is 6.09. The number of carbonyl (C=O) groups excluding carboxylic acids is 3. The number of H-pyrrole nitrogens is 1. The van der Waals surface area contributed by atoms with Gasteiger partial charge in [0.1, 0.15) is 11.9 Å². The Bertz CT molecular complexity index is 1580. The molecule has 216 valence electrons. The Balaban J connectivity index is 1.06. The van der Waals surface area contributed by atoms with Crippen molar-refractivity contribution >= 4 is 34.4 Å². The van der Waals surface area contributed by atoms with Gasteiger partial charge in [0.2, 0.25) is 17.7 Å². The van der Waals surface area contributed by atoms with Crippen molar-refractivity contribution in [3.63, 3.8) is 0 Å². The third-order valence-corrected chi connectivity index (χ3v) is 8.54. The fourth-order valence-corrected chi connectivity index (χ4v) is 6.30. The summed E-state index contributed by atoms with van der Waals surface area (Å²) in [5, 5.41) is 2.97. The first-order chi connectivity index (χ1) is 20.4. The lowest BCUT2D eigenvalue weighted by atomic mass is 10.0. The summed E-state index contributed by atoms with van der Waals surface area (Å²) >= 11 is 0. The summed E-state index contributed by atoms with van der Waals surface area (Å²) in [5.74, 6) is 0.834. The maximum Gasteiger partial charge on any atom is 0.247 e. The number of fused-ring (bicyclic) bond motifs is 1. The van der Waals surface area contributed by atoms with Gasteiger partial charge in [0.15, 0.2) is 0 Å². The predicted molar refractivity (Wildman–Crippen MR) is 163 cm³/mol. The summed E-state index contributed by atoms with van der Waals surface area (Å²) in [6.45, 7) is 2.92. The third kappa shape index (κ3) is 6.08. The summed E-state index contributed by atoms with van der Waals surface area (Å²) in [6.07, 6.45) is 5.61. The van der Waals surface area contributed by atoms with Crippen LogP contribution in [-0.4, -0.2) is 56.6 Å². The van der Waals surface area contributed by atoms with Gasteiger partial charge in [-0.1, -0.05) is 48.5 Å². The second-order valence-corrected chi connectivity index (χ2v) is 11.4. The number of aryl methyl sites for hydroxylation is 2. The zero-order valence-electron chi connectivity index (χ0n) is 24.0. The van der Waals surface area contributed by atoms with Gasteiger partial charge in [-0.2, -0.15) is 0 Å². The molecule has 0 unspecified atom stereocenters. The molecule has 4 aromatic rings. The molecule has 8 nitrogen and oxygen atoms in total. The van der Waals surface area contributed by atoms with E-state index in [1.54, 1.807) is 4.90 Å². The largest absolute Gasteiger partial charge is 0.340 e. The third-order valence-electron chi connectivity index (χ3n) is 8.54. The molecule has 2 saturated heterocycles. The highest BCUT2D eigenvalue weighted by Gasteiger charge is 2.33. The molecular weight excluding hydrogens is 526 g/mol. The second kappa shape index (κ2) is 12.2. The van der Waals surface area contributed by atoms with E-state index < -0.39 is 0 Å². The average Bonchev–Trinajstić information content (AvgIpc) is 3.76. The van der Waals surface area contributed by atoms with Crippen LogP contribution in [0, 0.1) is 0 Å². The molecule has 2 N–H and O–H groups in total. The van der Waals surface area contributed by atoms with E-state index in [9.17, 15) is 14.4 Å². The number of imidazole rings is 1. The molecule has 8 heteroatoms. The van der Waals surface area contributed by atoms with Gasteiger partial charge in [-0.3, -0.25) is 14.4 Å². The number of aromatic amines is 1. The number of rotatable bonds is 8. The van der Waals surface area contributed by atoms with E-state index in [0.29, 0.717) is 19.4 Å². The summed E-state index contributed by atoms with van der Waals surface area (Å²) < 4.78 is 0. The lowest BCUT2D eigenvalue weighted by Crippen LogP contribution is -2.42. The standard InChI is InChI=1S/C34H37N5O3/c1-23(40)38-19-6-10-31(38)34(42)35-27-16-13-24(14-17-27)11-12-26-15-18-28-29(21-26)37-33(36-28)30-9-5-20-39(30)32(41)22-25-7-3-2-4-8-25/h2-4,7-8,13-18,21,30-31H,5-6,9-12,19-20,22H2,1H3,(H,35,42)(H,36,37)/t30-,31-/m0/s1. The number of carbonyl (C=O) groups is 3. The Morgan fingerprint density at radius 2 is 1.57 bits per heavy atom. The van der Waals surface area contributed by atoms with E-state index in [1.807, 2.05) is 59.5 Å². The Morgan fingerprint density at radius 3 is 2.36 bits per heavy atom. The van der Waals surface area contributed by atoms with E-state index in [-0.39, 0.29) is 29.8 Å². The number of likely N-dealkylation sites (tertiary alicyclic amines) is 2. The van der Waals surface area contributed by atoms with Crippen LogP contribution in [-0.2, 0) is 33.6 Å². The van der Waals surface area contributed by atoms with E-state index in [2.05, 4.69) is 28.5 Å². The van der Waals surface area contributed by atoms with Crippen molar-refractivity contribution in [3.05, 3.63) is 95.3 Å². The second-order valence-electron chi connectivity index (χ2n) is 11.4. The molecule has 0 bridgehead atoms. The van der Waals surface area contributed by atoms with Gasteiger partial charge >= 0.3 is 0 Å². The summed E-state index contributed by atoms with van der Waals surface area (Å²) in [7, 11) is 0. The molecule has 1 aromatic heterocycles. The Kier molecular flexibility index (Phi) is 8.04. The van der Waals surface area contributed by atoms with E-state index >= 15 is 0 Å². The number of hydrogen-bond acceptors (Lipinski definition) is 4. The minimum atomic E-state index is -0.383. The van der Waals surface area contributed by atoms with Crippen LogP contribution in [0.15, 0.2) is 72.8 Å². The fraction of sp³-hybridized carbons (Fsp3) is 0.353. The van der Waals surface area contributed by atoms with Gasteiger partial charge in [0.05, 0.1) is 23.5 Å². The average molecular weight is 564 g/mol. The van der Waals surface area contributed by atoms with Gasteiger partial charge in [-0.15, -0.1) is 0 Å². The molecule has 0 aliphatic carbocycles. The molecule has 0 saturated carbocycles. The van der Waals surface area contributed by atoms with Gasteiger partial charge in [-0.05, 0) is 79.5 Å². The Labute approximate surface area is 246 Å². The van der Waals surface area contributed by atoms with Crippen LogP contribution < -0.4 is 5.32 Å². The molecule has 0 spiro atoms. The van der Waals surface area contributed by atoms with Crippen LogP contribution in [0.4, 0.5) is 5.69 Å². The topological polar surface area (TPSA) is 98.4 Å². The van der Waals surface area contributed by atoms with E-state index in [0.717, 1.165) is 66.8 Å². The summed E-state index contributed by atoms with van der Waals surface area (Å²) in [6, 6.07) is 23.8. The smallest absolute Gasteiger partial charge is 0.247 e. The predicted octanol–water partition coefficient (Wildman–Crippen LogP) is 5.20. The maximum atomic E-state index is 13.1. The van der Waals surface area contributed by atoms with Crippen molar-refractivity contribution in [1.82, 2.24) is 19.8 Å². The number of nitrogens with one attached hydrogen (secondary N) is 2. The van der Waals surface area contributed by atoms with E-state index in [1.165, 1.54) is 18.1 Å². The van der Waals surface area contributed by atoms with Crippen molar-refractivity contribution in [2.75, 3.05) is 18.4 Å². The number of amides is 3. The van der Waals surface area contributed by atoms with Gasteiger partial charge in [0, 0.05) is 25.7 Å². The number of aromatic nitrogens is 2. The number of nitrogens with zero attached hydrogens (tertiary/aromatic N) is 3. The van der Waals surface area contributed by atoms with Crippen molar-refractivity contribution in [3.8, 4) is 0 Å². The number of anilines is 1. The molecule has 2 fully saturated rings. The number of hydrogen-bond donors (Lipinski definition) is 2. The quantitative estimate of drug-likeness (QED) is 0.308. The monoisotopic (exact) mass is 563 g/mol. The molecule has 3 amide bonds. The molecular formula is C34H37N5O3. The van der Waals surface area contributed by atoms with Crippen LogP contribution in [0.1, 0.15) is 61.2 Å². The van der Waals surface area contributed by atoms with Crippen LogP contribution in [0.5, 0.6) is 0 Å². The van der Waals surface area contributed by atoms with E-state index in [4.69, 9.17) is 4.98 Å². The minimum Gasteiger partial charge on any atom is -0.340 e. The lowest BCUT2D eigenvalue weighted by molar-refractivity contribution is -0.134. The van der Waals surface area contributed by atoms with Gasteiger partial charge in [0.25, 0.3) is 0 Å². The zero-order chi connectivity index (χ0) is 29.1. The molecule has 3 heterocycles. The maximum absolute atomic E-state index is 13.1. The minimum absolute atomic E-state index is 0.0183. The molecule has 3 aromatic carbocycles. The van der Waals surface area contributed by atoms with Gasteiger partial charge in [-0.25, -0.2) is 4.98 Å². The first-order valence-corrected chi connectivity index (χ1v) is 14.9. The van der Waals surface area contributed by atoms with Crippen molar-refractivity contribution in [2.24, 2.45) is 0 Å². The fourth-order valence-electron chi connectivity index (χ4n) is 6.30. The molecule has 6 rings (SSSR count). The molecule has 42 heavy (non-hydrogen) atoms. The molecule has 2 atom stereocenters. The highest BCUT2D eigenvalue weighted by molar-refractivity contribution is 5.97. The molecule has 0 radical (unpaired) electrons. The van der Waals surface area contributed by atoms with Crippen LogP contribution >= 0.6 is 0 Å². The van der Waals surface area contributed by atoms with Crippen LogP contribution in [0.25, 0.3) is 11.0 Å². The van der Waals surface area contributed by atoms with Crippen LogP contribution in [0.2, 0.25) is 0 Å². The number of benzene rings is 3. The highest BCUT2D eigenvalue weighted by atomic mass is 16.2. The molecule has 2 aliphatic rings. The first-order valence-electron chi connectivity index (χ1n) is 14.9. The summed E-state index contributed by atoms with van der Waals surface area (Å²) in [4.78, 5) is 49.6. The first kappa shape index (κ1) is 27.7. The van der Waals surface area contributed by atoms with Crippen molar-refractivity contribution in [1.29, 1.82) is 0 Å². The van der Waals surface area contributed by atoms with Crippen LogP contribution in [0.3, 0.4) is 0 Å². The Morgan fingerprint density at radius 1 is 0.857 bits per heavy atom. The van der Waals surface area contributed by atoms with Crippen molar-refractivity contribution < 1.29 is 14.4 Å². The zero-order valence-corrected chi connectivity index (χ0v) is 24.0.